The van der Waals surface area contributed by atoms with Gasteiger partial charge in [-0.3, -0.25) is 14.5 Å². The van der Waals surface area contributed by atoms with Gasteiger partial charge in [0.2, 0.25) is 11.8 Å². The van der Waals surface area contributed by atoms with Gasteiger partial charge in [-0.2, -0.15) is 0 Å². The highest BCUT2D eigenvalue weighted by atomic mass is 35.5. The molecular formula is C21H32Cl2N4O2. The van der Waals surface area contributed by atoms with Crippen molar-refractivity contribution in [2.24, 2.45) is 23.5 Å². The van der Waals surface area contributed by atoms with Gasteiger partial charge in [0.15, 0.2) is 0 Å². The van der Waals surface area contributed by atoms with E-state index in [1.165, 1.54) is 6.42 Å². The van der Waals surface area contributed by atoms with Crippen molar-refractivity contribution in [3.63, 3.8) is 0 Å². The van der Waals surface area contributed by atoms with Crippen molar-refractivity contribution in [3.05, 3.63) is 30.3 Å². The van der Waals surface area contributed by atoms with Gasteiger partial charge in [0.05, 0.1) is 12.5 Å². The van der Waals surface area contributed by atoms with Crippen molar-refractivity contribution in [2.75, 3.05) is 25.0 Å². The minimum absolute atomic E-state index is 0. The fourth-order valence-electron chi connectivity index (χ4n) is 5.18. The van der Waals surface area contributed by atoms with Crippen LogP contribution in [0, 0.1) is 17.8 Å². The number of carbonyl (C=O) groups excluding carboxylic acids is 2. The maximum Gasteiger partial charge on any atom is 0.238 e. The molecule has 3 fully saturated rings. The minimum Gasteiger partial charge on any atom is -0.353 e. The number of anilines is 1. The second-order valence-corrected chi connectivity index (χ2v) is 8.41. The summed E-state index contributed by atoms with van der Waals surface area (Å²) in [5, 5.41) is 6.17. The fraction of sp³-hybridized carbons (Fsp3) is 0.619. The molecule has 29 heavy (non-hydrogen) atoms. The van der Waals surface area contributed by atoms with Crippen LogP contribution < -0.4 is 16.4 Å². The summed E-state index contributed by atoms with van der Waals surface area (Å²) in [5.41, 5.74) is 7.12. The van der Waals surface area contributed by atoms with Crippen molar-refractivity contribution >= 4 is 42.3 Å². The third-order valence-electron chi connectivity index (χ3n) is 6.64. The Morgan fingerprint density at radius 2 is 1.66 bits per heavy atom. The van der Waals surface area contributed by atoms with Crippen molar-refractivity contribution in [1.82, 2.24) is 10.2 Å². The summed E-state index contributed by atoms with van der Waals surface area (Å²) in [4.78, 5) is 27.1. The van der Waals surface area contributed by atoms with Gasteiger partial charge in [-0.15, -0.1) is 24.8 Å². The number of fused-ring (bicyclic) bond motifs is 2. The molecule has 1 aliphatic heterocycles. The van der Waals surface area contributed by atoms with E-state index in [0.29, 0.717) is 18.4 Å². The van der Waals surface area contributed by atoms with Gasteiger partial charge in [0.25, 0.3) is 0 Å². The van der Waals surface area contributed by atoms with Crippen LogP contribution in [0.15, 0.2) is 30.3 Å². The highest BCUT2D eigenvalue weighted by molar-refractivity contribution is 5.92. The van der Waals surface area contributed by atoms with Gasteiger partial charge < -0.3 is 16.4 Å². The zero-order chi connectivity index (χ0) is 18.8. The lowest BCUT2D eigenvalue weighted by Crippen LogP contribution is -2.51. The number of rotatable bonds is 5. The summed E-state index contributed by atoms with van der Waals surface area (Å²) >= 11 is 0. The van der Waals surface area contributed by atoms with Crippen molar-refractivity contribution in [2.45, 2.75) is 44.2 Å². The zero-order valence-corrected chi connectivity index (χ0v) is 18.2. The molecule has 4 unspecified atom stereocenters. The molecule has 2 amide bonds. The minimum atomic E-state index is 0. The topological polar surface area (TPSA) is 87.5 Å². The lowest BCUT2D eigenvalue weighted by atomic mass is 9.84. The third kappa shape index (κ3) is 5.63. The second kappa shape index (κ2) is 10.6. The summed E-state index contributed by atoms with van der Waals surface area (Å²) in [6.45, 7) is 2.05. The number of amides is 2. The molecule has 1 aromatic rings. The quantitative estimate of drug-likeness (QED) is 0.653. The predicted molar refractivity (Wildman–Crippen MR) is 119 cm³/mol. The summed E-state index contributed by atoms with van der Waals surface area (Å²) in [5.74, 6) is 1.23. The number of nitrogens with one attached hydrogen (secondary N) is 2. The molecule has 0 aromatic heterocycles. The van der Waals surface area contributed by atoms with Crippen molar-refractivity contribution < 1.29 is 9.59 Å². The smallest absolute Gasteiger partial charge is 0.238 e. The van der Waals surface area contributed by atoms with Crippen LogP contribution in [0.5, 0.6) is 0 Å². The van der Waals surface area contributed by atoms with Gasteiger partial charge >= 0.3 is 0 Å². The lowest BCUT2D eigenvalue weighted by molar-refractivity contribution is -0.128. The van der Waals surface area contributed by atoms with E-state index in [4.69, 9.17) is 5.73 Å². The number of piperidine rings is 1. The first kappa shape index (κ1) is 23.9. The molecule has 162 valence electrons. The van der Waals surface area contributed by atoms with Crippen molar-refractivity contribution in [3.8, 4) is 0 Å². The lowest BCUT2D eigenvalue weighted by Gasteiger charge is -2.34. The van der Waals surface area contributed by atoms with Crippen LogP contribution in [0.4, 0.5) is 5.69 Å². The Balaban J connectivity index is 0.00000150. The Kier molecular flexibility index (Phi) is 8.76. The molecule has 1 aromatic carbocycles. The van der Waals surface area contributed by atoms with E-state index in [2.05, 4.69) is 15.5 Å². The van der Waals surface area contributed by atoms with E-state index in [1.54, 1.807) is 0 Å². The maximum atomic E-state index is 12.7. The molecule has 6 nitrogen and oxygen atoms in total. The SMILES string of the molecule is Cl.Cl.NC1C2CCC(C2)C1C(=O)NC1CCN(CC(=O)Nc2ccccc2)CC1. The molecule has 2 bridgehead atoms. The van der Waals surface area contributed by atoms with Crippen LogP contribution in [-0.2, 0) is 9.59 Å². The van der Waals surface area contributed by atoms with Crippen LogP contribution in [0.3, 0.4) is 0 Å². The van der Waals surface area contributed by atoms with Crippen molar-refractivity contribution in [1.29, 1.82) is 0 Å². The molecular weight excluding hydrogens is 411 g/mol. The van der Waals surface area contributed by atoms with E-state index >= 15 is 0 Å². The average Bonchev–Trinajstić information content (AvgIpc) is 3.25. The first-order valence-electron chi connectivity index (χ1n) is 10.2. The van der Waals surface area contributed by atoms with E-state index < -0.39 is 0 Å². The van der Waals surface area contributed by atoms with E-state index in [-0.39, 0.29) is 54.6 Å². The van der Waals surface area contributed by atoms with E-state index in [0.717, 1.165) is 44.5 Å². The molecule has 0 spiro atoms. The molecule has 0 radical (unpaired) electrons. The Morgan fingerprint density at radius 3 is 2.28 bits per heavy atom. The van der Waals surface area contributed by atoms with Gasteiger partial charge in [-0.05, 0) is 56.1 Å². The number of para-hydroxylation sites is 1. The standard InChI is InChI=1S/C21H30N4O2.2ClH/c22-20-15-7-6-14(12-15)19(20)21(27)24-17-8-10-25(11-9-17)13-18(26)23-16-4-2-1-3-5-16;;/h1-5,14-15,17,19-20H,6-13,22H2,(H,23,26)(H,24,27);2*1H. The molecule has 4 atom stereocenters. The summed E-state index contributed by atoms with van der Waals surface area (Å²) in [6.07, 6.45) is 5.26. The number of benzene rings is 1. The molecule has 2 saturated carbocycles. The van der Waals surface area contributed by atoms with Gasteiger partial charge in [-0.25, -0.2) is 0 Å². The molecule has 2 aliphatic carbocycles. The summed E-state index contributed by atoms with van der Waals surface area (Å²) in [7, 11) is 0. The second-order valence-electron chi connectivity index (χ2n) is 8.41. The number of nitrogens with zero attached hydrogens (tertiary/aromatic N) is 1. The Morgan fingerprint density at radius 1 is 1.00 bits per heavy atom. The number of hydrogen-bond acceptors (Lipinski definition) is 4. The fourth-order valence-corrected chi connectivity index (χ4v) is 5.18. The first-order valence-corrected chi connectivity index (χ1v) is 10.2. The highest BCUT2D eigenvalue weighted by Crippen LogP contribution is 2.47. The first-order chi connectivity index (χ1) is 13.1. The number of hydrogen-bond donors (Lipinski definition) is 3. The average molecular weight is 443 g/mol. The van der Waals surface area contributed by atoms with Gasteiger partial charge in [0, 0.05) is 30.9 Å². The van der Waals surface area contributed by atoms with Gasteiger partial charge in [0.1, 0.15) is 0 Å². The Labute approximate surface area is 185 Å². The summed E-state index contributed by atoms with van der Waals surface area (Å²) < 4.78 is 0. The Bertz CT molecular complexity index is 681. The van der Waals surface area contributed by atoms with E-state index in [1.807, 2.05) is 30.3 Å². The monoisotopic (exact) mass is 442 g/mol. The van der Waals surface area contributed by atoms with E-state index in [9.17, 15) is 9.59 Å². The number of likely N-dealkylation sites (tertiary alicyclic amines) is 1. The maximum absolute atomic E-state index is 12.7. The summed E-state index contributed by atoms with van der Waals surface area (Å²) in [6, 6.07) is 9.78. The number of halogens is 2. The largest absolute Gasteiger partial charge is 0.353 e. The molecule has 1 heterocycles. The Hall–Kier alpha value is -1.34. The molecule has 4 N–H and O–H groups in total. The zero-order valence-electron chi connectivity index (χ0n) is 16.6. The van der Waals surface area contributed by atoms with Crippen LogP contribution >= 0.6 is 24.8 Å². The molecule has 1 saturated heterocycles. The normalized spacial score (nSPS) is 28.9. The van der Waals surface area contributed by atoms with Gasteiger partial charge in [-0.1, -0.05) is 18.2 Å². The van der Waals surface area contributed by atoms with Crippen LogP contribution in [0.1, 0.15) is 32.1 Å². The molecule has 3 aliphatic rings. The number of nitrogens with two attached hydrogens (primary N) is 1. The number of carbonyl (C=O) groups is 2. The van der Waals surface area contributed by atoms with Crippen LogP contribution in [-0.4, -0.2) is 48.4 Å². The molecule has 4 rings (SSSR count). The van der Waals surface area contributed by atoms with Crippen LogP contribution in [0.25, 0.3) is 0 Å². The molecule has 8 heteroatoms. The highest BCUT2D eigenvalue weighted by Gasteiger charge is 2.49. The predicted octanol–water partition coefficient (Wildman–Crippen LogP) is 2.42. The third-order valence-corrected chi connectivity index (χ3v) is 6.64. The van der Waals surface area contributed by atoms with Crippen LogP contribution in [0.2, 0.25) is 0 Å².